The van der Waals surface area contributed by atoms with Gasteiger partial charge in [0, 0.05) is 23.0 Å². The molecule has 3 rings (SSSR count). The van der Waals surface area contributed by atoms with Crippen molar-refractivity contribution in [2.75, 3.05) is 7.05 Å². The molecule has 0 saturated carbocycles. The van der Waals surface area contributed by atoms with Gasteiger partial charge in [0.25, 0.3) is 0 Å². The Hall–Kier alpha value is -1.37. The van der Waals surface area contributed by atoms with E-state index in [0.717, 1.165) is 27.1 Å². The van der Waals surface area contributed by atoms with Crippen molar-refractivity contribution in [1.82, 2.24) is 14.7 Å². The lowest BCUT2D eigenvalue weighted by atomic mass is 10.4. The molecule has 0 fully saturated rings. The third-order valence-corrected chi connectivity index (χ3v) is 4.45. The normalized spacial score (nSPS) is 11.3. The SMILES string of the molecule is CNCc1c(Sc2cccc(F)c2)nc2sccn12. The van der Waals surface area contributed by atoms with E-state index in [-0.39, 0.29) is 5.82 Å². The minimum Gasteiger partial charge on any atom is -0.314 e. The Morgan fingerprint density at radius 1 is 1.47 bits per heavy atom. The summed E-state index contributed by atoms with van der Waals surface area (Å²) in [6.45, 7) is 0.732. The van der Waals surface area contributed by atoms with Crippen molar-refractivity contribution in [1.29, 1.82) is 0 Å². The fraction of sp³-hybridized carbons (Fsp3) is 0.154. The summed E-state index contributed by atoms with van der Waals surface area (Å²) in [6.07, 6.45) is 2.01. The molecule has 0 aliphatic heterocycles. The Morgan fingerprint density at radius 2 is 2.37 bits per heavy atom. The Bertz CT molecular complexity index is 705. The maximum Gasteiger partial charge on any atom is 0.194 e. The average Bonchev–Trinajstić information content (AvgIpc) is 2.93. The molecule has 19 heavy (non-hydrogen) atoms. The molecule has 0 saturated heterocycles. The fourth-order valence-electron chi connectivity index (χ4n) is 1.86. The number of aromatic nitrogens is 2. The molecule has 3 nitrogen and oxygen atoms in total. The number of hydrogen-bond donors (Lipinski definition) is 1. The fourth-order valence-corrected chi connectivity index (χ4v) is 3.62. The molecule has 0 unspecified atom stereocenters. The van der Waals surface area contributed by atoms with Gasteiger partial charge in [-0.1, -0.05) is 17.8 Å². The minimum absolute atomic E-state index is 0.221. The van der Waals surface area contributed by atoms with E-state index < -0.39 is 0 Å². The quantitative estimate of drug-likeness (QED) is 0.799. The number of fused-ring (bicyclic) bond motifs is 1. The van der Waals surface area contributed by atoms with Crippen molar-refractivity contribution >= 4 is 28.1 Å². The van der Waals surface area contributed by atoms with Gasteiger partial charge in [0.05, 0.1) is 5.69 Å². The Morgan fingerprint density at radius 3 is 3.16 bits per heavy atom. The molecule has 0 aliphatic carbocycles. The molecule has 0 amide bonds. The van der Waals surface area contributed by atoms with Crippen LogP contribution in [0.25, 0.3) is 4.96 Å². The van der Waals surface area contributed by atoms with Crippen LogP contribution in [0.3, 0.4) is 0 Å². The molecule has 0 aliphatic rings. The largest absolute Gasteiger partial charge is 0.314 e. The summed E-state index contributed by atoms with van der Waals surface area (Å²) in [6, 6.07) is 6.59. The lowest BCUT2D eigenvalue weighted by Gasteiger charge is -2.03. The van der Waals surface area contributed by atoms with Crippen molar-refractivity contribution in [2.24, 2.45) is 0 Å². The Balaban J connectivity index is 1.99. The van der Waals surface area contributed by atoms with Gasteiger partial charge in [-0.15, -0.1) is 11.3 Å². The van der Waals surface area contributed by atoms with Crippen LogP contribution in [0.5, 0.6) is 0 Å². The van der Waals surface area contributed by atoms with Crippen LogP contribution in [-0.2, 0) is 6.54 Å². The number of nitrogens with one attached hydrogen (secondary N) is 1. The van der Waals surface area contributed by atoms with Crippen LogP contribution in [0.2, 0.25) is 0 Å². The number of rotatable bonds is 4. The molecule has 2 aromatic heterocycles. The number of halogens is 1. The first-order valence-electron chi connectivity index (χ1n) is 5.80. The smallest absolute Gasteiger partial charge is 0.194 e. The Labute approximate surface area is 118 Å². The van der Waals surface area contributed by atoms with E-state index in [2.05, 4.69) is 14.7 Å². The molecule has 6 heteroatoms. The zero-order chi connectivity index (χ0) is 13.2. The summed E-state index contributed by atoms with van der Waals surface area (Å²) in [5, 5.41) is 6.08. The standard InChI is InChI=1S/C13H12FN3S2/c1-15-8-11-12(16-13-17(11)5-6-18-13)19-10-4-2-3-9(14)7-10/h2-7,15H,8H2,1H3. The van der Waals surface area contributed by atoms with Gasteiger partial charge in [0.2, 0.25) is 0 Å². The molecule has 1 aromatic carbocycles. The van der Waals surface area contributed by atoms with Gasteiger partial charge < -0.3 is 5.32 Å². The summed E-state index contributed by atoms with van der Waals surface area (Å²) in [5.41, 5.74) is 1.10. The van der Waals surface area contributed by atoms with E-state index in [1.807, 2.05) is 24.7 Å². The van der Waals surface area contributed by atoms with Crippen LogP contribution in [0.15, 0.2) is 45.8 Å². The van der Waals surface area contributed by atoms with Gasteiger partial charge in [-0.05, 0) is 25.2 Å². The molecule has 1 N–H and O–H groups in total. The van der Waals surface area contributed by atoms with Gasteiger partial charge in [-0.25, -0.2) is 9.37 Å². The Kier molecular flexibility index (Phi) is 3.54. The second-order valence-corrected chi connectivity index (χ2v) is 5.94. The second-order valence-electron chi connectivity index (χ2n) is 4.01. The summed E-state index contributed by atoms with van der Waals surface area (Å²) in [7, 11) is 1.91. The van der Waals surface area contributed by atoms with Crippen molar-refractivity contribution in [3.8, 4) is 0 Å². The summed E-state index contributed by atoms with van der Waals surface area (Å²) >= 11 is 3.09. The zero-order valence-electron chi connectivity index (χ0n) is 10.3. The highest BCUT2D eigenvalue weighted by Crippen LogP contribution is 2.32. The summed E-state index contributed by atoms with van der Waals surface area (Å²) in [5.74, 6) is -0.221. The zero-order valence-corrected chi connectivity index (χ0v) is 11.9. The second kappa shape index (κ2) is 5.32. The van der Waals surface area contributed by atoms with Crippen molar-refractivity contribution in [2.45, 2.75) is 16.5 Å². The highest BCUT2D eigenvalue weighted by Gasteiger charge is 2.13. The average molecular weight is 293 g/mol. The number of nitrogens with zero attached hydrogens (tertiary/aromatic N) is 2. The van der Waals surface area contributed by atoms with Gasteiger partial charge in [0.15, 0.2) is 4.96 Å². The van der Waals surface area contributed by atoms with Crippen molar-refractivity contribution in [3.05, 3.63) is 47.4 Å². The van der Waals surface area contributed by atoms with Crippen molar-refractivity contribution < 1.29 is 4.39 Å². The topological polar surface area (TPSA) is 29.3 Å². The van der Waals surface area contributed by atoms with E-state index in [1.54, 1.807) is 17.4 Å². The summed E-state index contributed by atoms with van der Waals surface area (Å²) < 4.78 is 15.3. The molecule has 0 spiro atoms. The van der Waals surface area contributed by atoms with E-state index >= 15 is 0 Å². The van der Waals surface area contributed by atoms with Crippen LogP contribution in [-0.4, -0.2) is 16.4 Å². The summed E-state index contributed by atoms with van der Waals surface area (Å²) in [4.78, 5) is 6.42. The monoisotopic (exact) mass is 293 g/mol. The highest BCUT2D eigenvalue weighted by molar-refractivity contribution is 7.99. The first kappa shape index (κ1) is 12.7. The first-order chi connectivity index (χ1) is 9.28. The third-order valence-electron chi connectivity index (χ3n) is 2.68. The van der Waals surface area contributed by atoms with Crippen LogP contribution < -0.4 is 5.32 Å². The van der Waals surface area contributed by atoms with E-state index in [0.29, 0.717) is 0 Å². The highest BCUT2D eigenvalue weighted by atomic mass is 32.2. The molecular weight excluding hydrogens is 281 g/mol. The van der Waals surface area contributed by atoms with Crippen LogP contribution >= 0.6 is 23.1 Å². The molecule has 3 aromatic rings. The number of thiazole rings is 1. The first-order valence-corrected chi connectivity index (χ1v) is 7.50. The minimum atomic E-state index is -0.221. The lowest BCUT2D eigenvalue weighted by molar-refractivity contribution is 0.624. The molecule has 0 atom stereocenters. The molecule has 98 valence electrons. The van der Waals surface area contributed by atoms with Gasteiger partial charge in [-0.3, -0.25) is 4.40 Å². The number of imidazole rings is 1. The number of hydrogen-bond acceptors (Lipinski definition) is 4. The van der Waals surface area contributed by atoms with E-state index in [1.165, 1.54) is 23.9 Å². The van der Waals surface area contributed by atoms with Crippen molar-refractivity contribution in [3.63, 3.8) is 0 Å². The van der Waals surface area contributed by atoms with Crippen LogP contribution in [0.4, 0.5) is 4.39 Å². The van der Waals surface area contributed by atoms with Gasteiger partial charge in [0.1, 0.15) is 10.8 Å². The van der Waals surface area contributed by atoms with Gasteiger partial charge in [-0.2, -0.15) is 0 Å². The molecule has 2 heterocycles. The lowest BCUT2D eigenvalue weighted by Crippen LogP contribution is -2.08. The van der Waals surface area contributed by atoms with E-state index in [9.17, 15) is 4.39 Å². The number of benzene rings is 1. The van der Waals surface area contributed by atoms with E-state index in [4.69, 9.17) is 0 Å². The van der Waals surface area contributed by atoms with Crippen LogP contribution in [0, 0.1) is 5.82 Å². The maximum absolute atomic E-state index is 13.2. The predicted molar refractivity (Wildman–Crippen MR) is 76.4 cm³/mol. The predicted octanol–water partition coefficient (Wildman–Crippen LogP) is 3.41. The molecule has 0 radical (unpaired) electrons. The molecule has 0 bridgehead atoms. The van der Waals surface area contributed by atoms with Crippen LogP contribution in [0.1, 0.15) is 5.69 Å². The third kappa shape index (κ3) is 2.51. The molecular formula is C13H12FN3S2. The van der Waals surface area contributed by atoms with Gasteiger partial charge >= 0.3 is 0 Å². The maximum atomic E-state index is 13.2.